The van der Waals surface area contributed by atoms with Crippen LogP contribution in [-0.2, 0) is 9.53 Å². The molecule has 0 aliphatic rings. The van der Waals surface area contributed by atoms with E-state index in [0.717, 1.165) is 0 Å². The van der Waals surface area contributed by atoms with Gasteiger partial charge >= 0.3 is 5.97 Å². The number of rotatable bonds is 4. The Balaban J connectivity index is 2.67. The van der Waals surface area contributed by atoms with Crippen molar-refractivity contribution in [1.82, 2.24) is 5.32 Å². The molecular formula is C11H9F2N3O3. The summed E-state index contributed by atoms with van der Waals surface area (Å²) in [5, 5.41) is 10.3. The van der Waals surface area contributed by atoms with Gasteiger partial charge in [0.1, 0.15) is 6.54 Å². The number of carbonyl (C=O) groups excluding carboxylic acids is 2. The number of esters is 1. The van der Waals surface area contributed by atoms with E-state index >= 15 is 0 Å². The second kappa shape index (κ2) is 6.30. The van der Waals surface area contributed by atoms with Crippen molar-refractivity contribution in [2.24, 2.45) is 0 Å². The van der Waals surface area contributed by atoms with Crippen LogP contribution < -0.4 is 11.1 Å². The van der Waals surface area contributed by atoms with E-state index < -0.39 is 30.1 Å². The highest BCUT2D eigenvalue weighted by Gasteiger charge is 2.16. The van der Waals surface area contributed by atoms with Crippen molar-refractivity contribution >= 4 is 17.6 Å². The van der Waals surface area contributed by atoms with Gasteiger partial charge in [-0.15, -0.1) is 0 Å². The van der Waals surface area contributed by atoms with E-state index in [4.69, 9.17) is 11.0 Å². The minimum atomic E-state index is -1.25. The van der Waals surface area contributed by atoms with Crippen LogP contribution in [0.3, 0.4) is 0 Å². The fourth-order valence-electron chi connectivity index (χ4n) is 1.14. The summed E-state index contributed by atoms with van der Waals surface area (Å²) in [6.45, 7) is -0.886. The molecule has 100 valence electrons. The lowest BCUT2D eigenvalue weighted by Gasteiger charge is -2.07. The number of nitrogen functional groups attached to an aromatic ring is 1. The van der Waals surface area contributed by atoms with Crippen molar-refractivity contribution < 1.29 is 23.1 Å². The SMILES string of the molecule is N#CCNC(=O)COC(=O)c1cc(F)c(F)cc1N. The Morgan fingerprint density at radius 1 is 1.37 bits per heavy atom. The van der Waals surface area contributed by atoms with Gasteiger partial charge in [0.2, 0.25) is 0 Å². The van der Waals surface area contributed by atoms with E-state index in [1.54, 1.807) is 6.07 Å². The number of hydrogen-bond donors (Lipinski definition) is 2. The number of anilines is 1. The quantitative estimate of drug-likeness (QED) is 0.466. The molecule has 0 atom stereocenters. The lowest BCUT2D eigenvalue weighted by Crippen LogP contribution is -2.29. The first-order chi connectivity index (χ1) is 8.95. The van der Waals surface area contributed by atoms with Crippen molar-refractivity contribution in [3.05, 3.63) is 29.3 Å². The Labute approximate surface area is 106 Å². The molecule has 0 heterocycles. The molecule has 19 heavy (non-hydrogen) atoms. The molecule has 0 spiro atoms. The molecular weight excluding hydrogens is 260 g/mol. The minimum Gasteiger partial charge on any atom is -0.452 e. The molecule has 1 amide bonds. The molecule has 0 saturated heterocycles. The topological polar surface area (TPSA) is 105 Å². The summed E-state index contributed by atoms with van der Waals surface area (Å²) >= 11 is 0. The molecule has 0 fully saturated rings. The average molecular weight is 269 g/mol. The molecule has 3 N–H and O–H groups in total. The van der Waals surface area contributed by atoms with Gasteiger partial charge < -0.3 is 15.8 Å². The van der Waals surface area contributed by atoms with Gasteiger partial charge in [-0.05, 0) is 6.07 Å². The van der Waals surface area contributed by atoms with Crippen molar-refractivity contribution in [3.8, 4) is 6.07 Å². The molecule has 1 rings (SSSR count). The highest BCUT2D eigenvalue weighted by Crippen LogP contribution is 2.17. The molecule has 0 bridgehead atoms. The summed E-state index contributed by atoms with van der Waals surface area (Å²) in [7, 11) is 0. The van der Waals surface area contributed by atoms with Crippen LogP contribution in [0.2, 0.25) is 0 Å². The number of nitriles is 1. The number of benzene rings is 1. The summed E-state index contributed by atoms with van der Waals surface area (Å²) in [5.74, 6) is -4.21. The zero-order chi connectivity index (χ0) is 14.4. The third-order valence-corrected chi connectivity index (χ3v) is 2.01. The number of carbonyl (C=O) groups is 2. The van der Waals surface area contributed by atoms with Gasteiger partial charge in [0.25, 0.3) is 5.91 Å². The third-order valence-electron chi connectivity index (χ3n) is 2.01. The minimum absolute atomic E-state index is 0.232. The van der Waals surface area contributed by atoms with Gasteiger partial charge in [0.05, 0.1) is 11.6 Å². The smallest absolute Gasteiger partial charge is 0.340 e. The number of ether oxygens (including phenoxy) is 1. The Bertz CT molecular complexity index is 555. The van der Waals surface area contributed by atoms with E-state index in [9.17, 15) is 18.4 Å². The van der Waals surface area contributed by atoms with Gasteiger partial charge in [0.15, 0.2) is 18.2 Å². The summed E-state index contributed by atoms with van der Waals surface area (Å²) in [4.78, 5) is 22.5. The lowest BCUT2D eigenvalue weighted by atomic mass is 10.1. The molecule has 0 radical (unpaired) electrons. The van der Waals surface area contributed by atoms with Gasteiger partial charge in [0, 0.05) is 11.8 Å². The second-order valence-electron chi connectivity index (χ2n) is 3.36. The monoisotopic (exact) mass is 269 g/mol. The van der Waals surface area contributed by atoms with Gasteiger partial charge in [-0.1, -0.05) is 0 Å². The number of hydrogen-bond acceptors (Lipinski definition) is 5. The first-order valence-electron chi connectivity index (χ1n) is 5.01. The largest absolute Gasteiger partial charge is 0.452 e. The summed E-state index contributed by atoms with van der Waals surface area (Å²) in [5.41, 5.74) is 4.64. The summed E-state index contributed by atoms with van der Waals surface area (Å²) < 4.78 is 30.2. The number of nitrogens with two attached hydrogens (primary N) is 1. The highest BCUT2D eigenvalue weighted by atomic mass is 19.2. The number of nitrogens with zero attached hydrogens (tertiary/aromatic N) is 1. The van der Waals surface area contributed by atoms with Crippen LogP contribution in [0.25, 0.3) is 0 Å². The first-order valence-corrected chi connectivity index (χ1v) is 5.01. The average Bonchev–Trinajstić information content (AvgIpc) is 2.37. The van der Waals surface area contributed by atoms with Crippen LogP contribution >= 0.6 is 0 Å². The molecule has 0 unspecified atom stereocenters. The van der Waals surface area contributed by atoms with Crippen molar-refractivity contribution in [1.29, 1.82) is 5.26 Å². The third kappa shape index (κ3) is 3.92. The maximum atomic E-state index is 12.9. The number of amides is 1. The second-order valence-corrected chi connectivity index (χ2v) is 3.36. The standard InChI is InChI=1S/C11H9F2N3O3/c12-7-3-6(9(15)4-8(7)13)11(18)19-5-10(17)16-2-1-14/h3-4H,2,5,15H2,(H,16,17). The van der Waals surface area contributed by atoms with Crippen molar-refractivity contribution in [2.45, 2.75) is 0 Å². The van der Waals surface area contributed by atoms with Crippen molar-refractivity contribution in [2.75, 3.05) is 18.9 Å². The first kappa shape index (κ1) is 14.4. The molecule has 0 aromatic heterocycles. The van der Waals surface area contributed by atoms with Gasteiger partial charge in [-0.2, -0.15) is 5.26 Å². The number of halogens is 2. The Kier molecular flexibility index (Phi) is 4.76. The molecule has 1 aromatic rings. The molecule has 8 heteroatoms. The number of nitrogens with one attached hydrogen (secondary N) is 1. The summed E-state index contributed by atoms with van der Waals surface area (Å²) in [6.07, 6.45) is 0. The maximum Gasteiger partial charge on any atom is 0.340 e. The fraction of sp³-hybridized carbons (Fsp3) is 0.182. The van der Waals surface area contributed by atoms with Gasteiger partial charge in [-0.25, -0.2) is 13.6 Å². The molecule has 0 saturated carbocycles. The predicted octanol–water partition coefficient (Wildman–Crippen LogP) is 0.344. The predicted molar refractivity (Wildman–Crippen MR) is 59.7 cm³/mol. The van der Waals surface area contributed by atoms with Crippen LogP contribution in [0.1, 0.15) is 10.4 Å². The van der Waals surface area contributed by atoms with Crippen molar-refractivity contribution in [3.63, 3.8) is 0 Å². The molecule has 1 aromatic carbocycles. The van der Waals surface area contributed by atoms with Crippen LogP contribution in [0.15, 0.2) is 12.1 Å². The Morgan fingerprint density at radius 3 is 2.63 bits per heavy atom. The van der Waals surface area contributed by atoms with Crippen LogP contribution in [0.5, 0.6) is 0 Å². The Morgan fingerprint density at radius 2 is 2.00 bits per heavy atom. The maximum absolute atomic E-state index is 12.9. The lowest BCUT2D eigenvalue weighted by molar-refractivity contribution is -0.123. The van der Waals surface area contributed by atoms with E-state index in [2.05, 4.69) is 10.1 Å². The van der Waals surface area contributed by atoms with Gasteiger partial charge in [-0.3, -0.25) is 4.79 Å². The van der Waals surface area contributed by atoms with E-state index in [-0.39, 0.29) is 17.8 Å². The molecule has 0 aliphatic carbocycles. The van der Waals surface area contributed by atoms with Crippen LogP contribution in [-0.4, -0.2) is 25.0 Å². The molecule has 6 nitrogen and oxygen atoms in total. The van der Waals surface area contributed by atoms with E-state index in [1.807, 2.05) is 0 Å². The summed E-state index contributed by atoms with van der Waals surface area (Å²) in [6, 6.07) is 2.88. The normalized spacial score (nSPS) is 9.53. The zero-order valence-electron chi connectivity index (χ0n) is 9.57. The Hall–Kier alpha value is -2.69. The highest BCUT2D eigenvalue weighted by molar-refractivity contribution is 5.96. The fourth-order valence-corrected chi connectivity index (χ4v) is 1.14. The van der Waals surface area contributed by atoms with E-state index in [0.29, 0.717) is 12.1 Å². The molecule has 0 aliphatic heterocycles. The van der Waals surface area contributed by atoms with Crippen LogP contribution in [0.4, 0.5) is 14.5 Å². The van der Waals surface area contributed by atoms with E-state index in [1.165, 1.54) is 0 Å². The zero-order valence-corrected chi connectivity index (χ0v) is 9.57. The van der Waals surface area contributed by atoms with Crippen LogP contribution in [0, 0.1) is 23.0 Å².